The molecule has 0 aromatic heterocycles. The quantitative estimate of drug-likeness (QED) is 0.0147. The van der Waals surface area contributed by atoms with Gasteiger partial charge in [0.2, 0.25) is 29.5 Å². The van der Waals surface area contributed by atoms with E-state index in [0.29, 0.717) is 19.3 Å². The lowest BCUT2D eigenvalue weighted by molar-refractivity contribution is -0.143. The second-order valence-corrected chi connectivity index (χ2v) is 14.4. The van der Waals surface area contributed by atoms with Crippen LogP contribution in [0.1, 0.15) is 78.6 Å². The first kappa shape index (κ1) is 51.4. The number of hydrogen-bond donors (Lipinski definition) is 14. The van der Waals surface area contributed by atoms with E-state index >= 15 is 0 Å². The number of nitrogens with one attached hydrogen (secondary N) is 5. The van der Waals surface area contributed by atoms with Crippen LogP contribution in [0.25, 0.3) is 0 Å². The molecule has 0 aliphatic heterocycles. The summed E-state index contributed by atoms with van der Waals surface area (Å²) in [7, 11) is -5.18. The number of phosphoric ester groups is 1. The molecule has 0 rings (SSSR count). The van der Waals surface area contributed by atoms with Gasteiger partial charge in [-0.1, -0.05) is 27.2 Å². The molecule has 0 aromatic carbocycles. The highest BCUT2D eigenvalue weighted by Gasteiger charge is 2.34. The van der Waals surface area contributed by atoms with E-state index in [1.807, 2.05) is 6.92 Å². The molecule has 6 atom stereocenters. The predicted molar refractivity (Wildman–Crippen MR) is 206 cm³/mol. The SMILES string of the molecule is CCC[C@H](N)C(=O)N[C@@H](CCCN=C(N)N)C(=O)N[C@@H](CCCN=C(N)N)C(=O)N[C@@H](CCCCN)C(=O)N[C@@H](COP(=O)(O)O)C(=O)N[C@H](C(=O)O)C(C)C. The van der Waals surface area contributed by atoms with E-state index in [0.717, 1.165) is 0 Å². The van der Waals surface area contributed by atoms with Crippen LogP contribution in [0.15, 0.2) is 9.98 Å². The zero-order valence-corrected chi connectivity index (χ0v) is 33.0. The molecule has 0 saturated heterocycles. The fourth-order valence-corrected chi connectivity index (χ4v) is 5.31. The first-order valence-electron chi connectivity index (χ1n) is 18.1. The van der Waals surface area contributed by atoms with Crippen molar-refractivity contribution in [2.24, 2.45) is 50.3 Å². The highest BCUT2D eigenvalue weighted by Crippen LogP contribution is 2.35. The van der Waals surface area contributed by atoms with E-state index in [4.69, 9.17) is 34.4 Å². The van der Waals surface area contributed by atoms with E-state index in [1.165, 1.54) is 13.8 Å². The Morgan fingerprint density at radius 3 is 1.45 bits per heavy atom. The fourth-order valence-electron chi connectivity index (χ4n) is 4.97. The van der Waals surface area contributed by atoms with Gasteiger partial charge in [0.05, 0.1) is 12.6 Å². The lowest BCUT2D eigenvalue weighted by Crippen LogP contribution is -2.60. The Bertz CT molecular complexity index is 1390. The molecule has 0 unspecified atom stereocenters. The van der Waals surface area contributed by atoms with Gasteiger partial charge in [0.25, 0.3) is 0 Å². The summed E-state index contributed by atoms with van der Waals surface area (Å²) in [5.74, 6) is -6.84. The van der Waals surface area contributed by atoms with Crippen molar-refractivity contribution in [2.45, 2.75) is 115 Å². The first-order chi connectivity index (χ1) is 26.1. The van der Waals surface area contributed by atoms with Crippen molar-refractivity contribution in [3.8, 4) is 0 Å². The Hall–Kier alpha value is -4.61. The van der Waals surface area contributed by atoms with E-state index in [2.05, 4.69) is 41.1 Å². The van der Waals surface area contributed by atoms with E-state index < -0.39 is 92.1 Å². The number of amides is 5. The molecule has 0 aromatic rings. The standard InChI is InChI=1S/C31H62N13O11P/c1-4-9-18(33)24(45)40-20(11-7-14-38-30(34)35)25(46)42-21(12-8-15-39-31(36)37)26(47)41-19(10-5-6-13-32)27(48)43-22(16-55-56(52,53)54)28(49)44-23(17(2)3)29(50)51/h17-23H,4-16,32-33H2,1-3H3,(H,40,45)(H,41,47)(H,42,46)(H,43,48)(H,44,49)(H,50,51)(H4,34,35,38)(H4,36,37,39)(H2,52,53,54)/t18-,19-,20-,21-,22-,23-/m0/s1. The van der Waals surface area contributed by atoms with Gasteiger partial charge in [-0.25, -0.2) is 9.36 Å². The number of guanidine groups is 2. The average Bonchev–Trinajstić information content (AvgIpc) is 3.09. The number of rotatable bonds is 29. The Morgan fingerprint density at radius 1 is 0.661 bits per heavy atom. The zero-order valence-electron chi connectivity index (χ0n) is 32.1. The summed E-state index contributed by atoms with van der Waals surface area (Å²) in [4.78, 5) is 105. The number of phosphoric acid groups is 1. The van der Waals surface area contributed by atoms with E-state index in [-0.39, 0.29) is 70.1 Å². The maximum absolute atomic E-state index is 13.9. The third-order valence-electron chi connectivity index (χ3n) is 7.95. The van der Waals surface area contributed by atoms with Crippen molar-refractivity contribution in [1.29, 1.82) is 0 Å². The van der Waals surface area contributed by atoms with Gasteiger partial charge in [0, 0.05) is 13.1 Å². The summed E-state index contributed by atoms with van der Waals surface area (Å²) in [6.45, 7) is 4.15. The average molecular weight is 824 g/mol. The number of carboxylic acids is 1. The highest BCUT2D eigenvalue weighted by atomic mass is 31.2. The predicted octanol–water partition coefficient (Wildman–Crippen LogP) is -4.38. The summed E-state index contributed by atoms with van der Waals surface area (Å²) in [5, 5.41) is 21.7. The number of unbranched alkanes of at least 4 members (excludes halogenated alkanes) is 1. The lowest BCUT2D eigenvalue weighted by atomic mass is 10.0. The van der Waals surface area contributed by atoms with Crippen LogP contribution in [0, 0.1) is 5.92 Å². The maximum Gasteiger partial charge on any atom is 0.469 e. The molecule has 0 bridgehead atoms. The van der Waals surface area contributed by atoms with E-state index in [1.54, 1.807) is 0 Å². The number of nitrogens with zero attached hydrogens (tertiary/aromatic N) is 2. The molecule has 24 nitrogen and oxygen atoms in total. The van der Waals surface area contributed by atoms with Gasteiger partial charge in [-0.2, -0.15) is 0 Å². The third kappa shape index (κ3) is 22.7. The largest absolute Gasteiger partial charge is 0.480 e. The Kier molecular flexibility index (Phi) is 24.8. The van der Waals surface area contributed by atoms with Crippen molar-refractivity contribution < 1.29 is 52.7 Å². The molecule has 0 heterocycles. The maximum atomic E-state index is 13.9. The van der Waals surface area contributed by atoms with Crippen LogP contribution < -0.4 is 61.0 Å². The Balaban J connectivity index is 6.55. The van der Waals surface area contributed by atoms with Crippen LogP contribution in [0.3, 0.4) is 0 Å². The number of carboxylic acid groups (broad SMARTS) is 1. The summed E-state index contributed by atoms with van der Waals surface area (Å²) >= 11 is 0. The normalized spacial score (nSPS) is 14.5. The monoisotopic (exact) mass is 823 g/mol. The summed E-state index contributed by atoms with van der Waals surface area (Å²) in [6.07, 6.45) is 1.94. The van der Waals surface area contributed by atoms with Crippen LogP contribution >= 0.6 is 7.82 Å². The first-order valence-corrected chi connectivity index (χ1v) is 19.7. The van der Waals surface area contributed by atoms with Gasteiger partial charge < -0.3 is 75.9 Å². The molecule has 322 valence electrons. The molecule has 20 N–H and O–H groups in total. The molecule has 0 aliphatic carbocycles. The number of aliphatic imine (C=N–C) groups is 2. The summed E-state index contributed by atoms with van der Waals surface area (Å²) in [6, 6.07) is -8.14. The Morgan fingerprint density at radius 2 is 1.07 bits per heavy atom. The zero-order chi connectivity index (χ0) is 43.0. The minimum absolute atomic E-state index is 0.0410. The van der Waals surface area contributed by atoms with E-state index in [9.17, 15) is 48.2 Å². The van der Waals surface area contributed by atoms with Gasteiger partial charge in [-0.15, -0.1) is 0 Å². The van der Waals surface area contributed by atoms with Crippen molar-refractivity contribution in [2.75, 3.05) is 26.2 Å². The lowest BCUT2D eigenvalue weighted by Gasteiger charge is -2.27. The van der Waals surface area contributed by atoms with Crippen LogP contribution in [0.2, 0.25) is 0 Å². The topological polar surface area (TPSA) is 430 Å². The van der Waals surface area contributed by atoms with Gasteiger partial charge >= 0.3 is 13.8 Å². The fraction of sp³-hybridized carbons (Fsp3) is 0.742. The molecular formula is C31H62N13O11P. The van der Waals surface area contributed by atoms with Gasteiger partial charge in [-0.05, 0) is 63.8 Å². The minimum Gasteiger partial charge on any atom is -0.480 e. The van der Waals surface area contributed by atoms with Crippen LogP contribution in [-0.4, -0.2) is 125 Å². The highest BCUT2D eigenvalue weighted by molar-refractivity contribution is 7.46. The Labute approximate surface area is 325 Å². The summed E-state index contributed by atoms with van der Waals surface area (Å²) < 4.78 is 15.9. The second-order valence-electron chi connectivity index (χ2n) is 13.2. The minimum atomic E-state index is -5.18. The smallest absolute Gasteiger partial charge is 0.469 e. The van der Waals surface area contributed by atoms with Crippen molar-refractivity contribution in [1.82, 2.24) is 26.6 Å². The van der Waals surface area contributed by atoms with Crippen LogP contribution in [-0.2, 0) is 37.9 Å². The molecule has 25 heteroatoms. The van der Waals surface area contributed by atoms with Gasteiger partial charge in [-0.3, -0.25) is 38.5 Å². The van der Waals surface area contributed by atoms with Gasteiger partial charge in [0.15, 0.2) is 11.9 Å². The molecule has 0 saturated carbocycles. The van der Waals surface area contributed by atoms with Crippen LogP contribution in [0.5, 0.6) is 0 Å². The number of carbonyl (C=O) groups excluding carboxylic acids is 5. The molecule has 0 spiro atoms. The number of aliphatic carboxylic acids is 1. The number of nitrogens with two attached hydrogens (primary N) is 6. The molecule has 0 fully saturated rings. The van der Waals surface area contributed by atoms with Crippen molar-refractivity contribution >= 4 is 55.2 Å². The third-order valence-corrected chi connectivity index (χ3v) is 8.43. The molecule has 0 radical (unpaired) electrons. The molecular weight excluding hydrogens is 761 g/mol. The number of hydrogen-bond acceptors (Lipinski definition) is 12. The molecule has 5 amide bonds. The van der Waals surface area contributed by atoms with Gasteiger partial charge in [0.1, 0.15) is 30.2 Å². The van der Waals surface area contributed by atoms with Crippen molar-refractivity contribution in [3.05, 3.63) is 0 Å². The summed E-state index contributed by atoms with van der Waals surface area (Å²) in [5.41, 5.74) is 33.2. The van der Waals surface area contributed by atoms with Crippen molar-refractivity contribution in [3.63, 3.8) is 0 Å². The second kappa shape index (κ2) is 27.1. The van der Waals surface area contributed by atoms with Crippen LogP contribution in [0.4, 0.5) is 0 Å². The molecule has 0 aliphatic rings. The number of carbonyl (C=O) groups is 6. The molecule has 56 heavy (non-hydrogen) atoms.